The number of hydrogen-bond acceptors (Lipinski definition) is 3. The Kier molecular flexibility index (Phi) is 11.7. The van der Waals surface area contributed by atoms with E-state index in [4.69, 9.17) is 4.79 Å². The molecule has 2 atom stereocenters. The molecule has 124 valence electrons. The van der Waals surface area contributed by atoms with Crippen LogP contribution in [0.4, 0.5) is 0 Å². The molecule has 0 radical (unpaired) electrons. The molecule has 3 heteroatoms. The summed E-state index contributed by atoms with van der Waals surface area (Å²) in [6.45, 7) is 12.4. The number of allylic oxidation sites excluding steroid dienone is 1. The third-order valence-electron chi connectivity index (χ3n) is 3.29. The third-order valence-corrected chi connectivity index (χ3v) is 3.74. The lowest BCUT2D eigenvalue weighted by molar-refractivity contribution is -0.106. The van der Waals surface area contributed by atoms with Crippen molar-refractivity contribution in [3.05, 3.63) is 48.2 Å². The Morgan fingerprint density at radius 1 is 1.27 bits per heavy atom. The second-order valence-electron chi connectivity index (χ2n) is 6.01. The lowest BCUT2D eigenvalue weighted by Crippen LogP contribution is -2.31. The normalized spacial score (nSPS) is 12.8. The molecular formula is C19H31NOS. The van der Waals surface area contributed by atoms with Crippen molar-refractivity contribution in [1.29, 1.82) is 0 Å². The van der Waals surface area contributed by atoms with Crippen molar-refractivity contribution in [2.45, 2.75) is 46.6 Å². The highest BCUT2D eigenvalue weighted by atomic mass is 32.1. The van der Waals surface area contributed by atoms with Crippen LogP contribution in [0.25, 0.3) is 0 Å². The van der Waals surface area contributed by atoms with E-state index in [1.54, 1.807) is 0 Å². The number of nitrogens with one attached hydrogen (secondary N) is 1. The second-order valence-corrected chi connectivity index (χ2v) is 6.37. The van der Waals surface area contributed by atoms with E-state index >= 15 is 0 Å². The van der Waals surface area contributed by atoms with E-state index in [0.717, 1.165) is 24.2 Å². The molecule has 22 heavy (non-hydrogen) atoms. The van der Waals surface area contributed by atoms with Gasteiger partial charge in [-0.2, -0.15) is 12.6 Å². The fourth-order valence-corrected chi connectivity index (χ4v) is 2.75. The first-order chi connectivity index (χ1) is 10.4. The van der Waals surface area contributed by atoms with E-state index < -0.39 is 0 Å². The molecule has 0 spiro atoms. The zero-order chi connectivity index (χ0) is 17.0. The molecule has 0 aliphatic rings. The lowest BCUT2D eigenvalue weighted by Gasteiger charge is -2.24. The second kappa shape index (κ2) is 12.3. The number of thiol groups is 1. The SMILES string of the molecule is C=C(NC(C)CC(C)C)C(CS)Cc1ccccc1.CC=O. The van der Waals surface area contributed by atoms with Gasteiger partial charge in [-0.15, -0.1) is 0 Å². The molecule has 1 N–H and O–H groups in total. The Morgan fingerprint density at radius 3 is 2.27 bits per heavy atom. The maximum absolute atomic E-state index is 8.81. The monoisotopic (exact) mass is 321 g/mol. The highest BCUT2D eigenvalue weighted by Crippen LogP contribution is 2.17. The van der Waals surface area contributed by atoms with Crippen molar-refractivity contribution in [3.8, 4) is 0 Å². The minimum absolute atomic E-state index is 0.389. The molecule has 0 saturated carbocycles. The van der Waals surface area contributed by atoms with Crippen molar-refractivity contribution >= 4 is 18.9 Å². The Morgan fingerprint density at radius 2 is 1.82 bits per heavy atom. The van der Waals surface area contributed by atoms with E-state index in [1.165, 1.54) is 18.9 Å². The van der Waals surface area contributed by atoms with E-state index in [0.29, 0.717) is 17.9 Å². The van der Waals surface area contributed by atoms with Crippen molar-refractivity contribution in [3.63, 3.8) is 0 Å². The summed E-state index contributed by atoms with van der Waals surface area (Å²) >= 11 is 4.48. The minimum Gasteiger partial charge on any atom is -0.386 e. The maximum Gasteiger partial charge on any atom is 0.116 e. The molecule has 0 amide bonds. The number of carbonyl (C=O) groups is 1. The topological polar surface area (TPSA) is 29.1 Å². The predicted molar refractivity (Wildman–Crippen MR) is 100 cm³/mol. The Bertz CT molecular complexity index is 417. The van der Waals surface area contributed by atoms with E-state index in [-0.39, 0.29) is 0 Å². The van der Waals surface area contributed by atoms with Crippen molar-refractivity contribution in [1.82, 2.24) is 5.32 Å². The van der Waals surface area contributed by atoms with Crippen LogP contribution in [0.15, 0.2) is 42.6 Å². The van der Waals surface area contributed by atoms with Gasteiger partial charge in [0.25, 0.3) is 0 Å². The molecule has 0 aliphatic heterocycles. The predicted octanol–water partition coefficient (Wildman–Crippen LogP) is 4.52. The van der Waals surface area contributed by atoms with Crippen LogP contribution < -0.4 is 5.32 Å². The number of rotatable bonds is 8. The largest absolute Gasteiger partial charge is 0.386 e. The first-order valence-corrected chi connectivity index (χ1v) is 8.57. The van der Waals surface area contributed by atoms with E-state index in [1.807, 2.05) is 0 Å². The molecule has 0 aromatic heterocycles. The van der Waals surface area contributed by atoms with Crippen LogP contribution >= 0.6 is 12.6 Å². The minimum atomic E-state index is 0.389. The van der Waals surface area contributed by atoms with Gasteiger partial charge in [0.15, 0.2) is 0 Å². The van der Waals surface area contributed by atoms with Crippen LogP contribution in [0.5, 0.6) is 0 Å². The van der Waals surface area contributed by atoms with Crippen molar-refractivity contribution < 1.29 is 4.79 Å². The summed E-state index contributed by atoms with van der Waals surface area (Å²) in [6.07, 6.45) is 2.92. The summed E-state index contributed by atoms with van der Waals surface area (Å²) in [5, 5.41) is 3.54. The molecule has 1 aromatic rings. The molecule has 1 aromatic carbocycles. The van der Waals surface area contributed by atoms with Gasteiger partial charge in [0, 0.05) is 17.7 Å². The molecule has 1 rings (SSSR count). The van der Waals surface area contributed by atoms with Gasteiger partial charge in [-0.1, -0.05) is 50.8 Å². The Balaban J connectivity index is 0.00000135. The van der Waals surface area contributed by atoms with Gasteiger partial charge >= 0.3 is 0 Å². The average molecular weight is 322 g/mol. The molecule has 0 bridgehead atoms. The first kappa shape index (κ1) is 20.8. The Hall–Kier alpha value is -1.22. The molecule has 2 unspecified atom stereocenters. The smallest absolute Gasteiger partial charge is 0.116 e. The highest BCUT2D eigenvalue weighted by molar-refractivity contribution is 7.80. The van der Waals surface area contributed by atoms with Gasteiger partial charge < -0.3 is 10.1 Å². The maximum atomic E-state index is 8.81. The lowest BCUT2D eigenvalue weighted by atomic mass is 9.97. The molecule has 0 fully saturated rings. The van der Waals surface area contributed by atoms with Gasteiger partial charge in [-0.05, 0) is 43.9 Å². The number of benzene rings is 1. The van der Waals surface area contributed by atoms with Gasteiger partial charge in [0.2, 0.25) is 0 Å². The molecule has 0 heterocycles. The third kappa shape index (κ3) is 9.67. The molecule has 2 nitrogen and oxygen atoms in total. The number of aldehydes is 1. The molecular weight excluding hydrogens is 290 g/mol. The van der Waals surface area contributed by atoms with E-state index in [2.05, 4.69) is 75.6 Å². The average Bonchev–Trinajstić information content (AvgIpc) is 2.45. The summed E-state index contributed by atoms with van der Waals surface area (Å²) < 4.78 is 0. The summed E-state index contributed by atoms with van der Waals surface area (Å²) in [6, 6.07) is 11.0. The Labute approximate surface area is 141 Å². The first-order valence-electron chi connectivity index (χ1n) is 7.94. The summed E-state index contributed by atoms with van der Waals surface area (Å²) in [5.41, 5.74) is 2.47. The fraction of sp³-hybridized carbons (Fsp3) is 0.526. The van der Waals surface area contributed by atoms with Gasteiger partial charge in [0.1, 0.15) is 6.29 Å². The van der Waals surface area contributed by atoms with Crippen LogP contribution in [0.2, 0.25) is 0 Å². The van der Waals surface area contributed by atoms with Crippen LogP contribution in [0.1, 0.15) is 39.7 Å². The molecule has 0 saturated heterocycles. The van der Waals surface area contributed by atoms with Crippen molar-refractivity contribution in [2.75, 3.05) is 5.75 Å². The van der Waals surface area contributed by atoms with Crippen molar-refractivity contribution in [2.24, 2.45) is 11.8 Å². The van der Waals surface area contributed by atoms with Gasteiger partial charge in [-0.25, -0.2) is 0 Å². The fourth-order valence-electron chi connectivity index (χ4n) is 2.40. The zero-order valence-electron chi connectivity index (χ0n) is 14.4. The van der Waals surface area contributed by atoms with Gasteiger partial charge in [0.05, 0.1) is 0 Å². The van der Waals surface area contributed by atoms with Crippen LogP contribution in [-0.2, 0) is 11.2 Å². The summed E-state index contributed by atoms with van der Waals surface area (Å²) in [5.74, 6) is 1.92. The quantitative estimate of drug-likeness (QED) is 0.544. The summed E-state index contributed by atoms with van der Waals surface area (Å²) in [7, 11) is 0. The highest BCUT2D eigenvalue weighted by Gasteiger charge is 2.14. The van der Waals surface area contributed by atoms with Crippen LogP contribution in [0.3, 0.4) is 0 Å². The van der Waals surface area contributed by atoms with Crippen LogP contribution in [0, 0.1) is 11.8 Å². The molecule has 0 aliphatic carbocycles. The zero-order valence-corrected chi connectivity index (χ0v) is 15.3. The number of carbonyl (C=O) groups excluding carboxylic acids is 1. The standard InChI is InChI=1S/C17H27NS.C2H4O/c1-13(2)10-14(3)18-15(4)17(12-19)11-16-8-6-5-7-9-16;1-2-3/h5-9,13-14,17-19H,4,10-12H2,1-3H3;2H,1H3. The van der Waals surface area contributed by atoms with Crippen LogP contribution in [-0.4, -0.2) is 18.1 Å². The van der Waals surface area contributed by atoms with Gasteiger partial charge in [-0.3, -0.25) is 0 Å². The summed E-state index contributed by atoms with van der Waals surface area (Å²) in [4.78, 5) is 8.81. The number of hydrogen-bond donors (Lipinski definition) is 2. The van der Waals surface area contributed by atoms with E-state index in [9.17, 15) is 0 Å².